The summed E-state index contributed by atoms with van der Waals surface area (Å²) in [6.07, 6.45) is 2.42. The van der Waals surface area contributed by atoms with Crippen molar-refractivity contribution in [3.8, 4) is 0 Å². The summed E-state index contributed by atoms with van der Waals surface area (Å²) >= 11 is 5.87. The Kier molecular flexibility index (Phi) is 4.83. The van der Waals surface area contributed by atoms with Gasteiger partial charge in [0.25, 0.3) is 0 Å². The molecule has 0 amide bonds. The average molecular weight is 299 g/mol. The molecular weight excluding hydrogens is 280 g/mol. The summed E-state index contributed by atoms with van der Waals surface area (Å²) < 4.78 is 5.13. The number of aromatic carboxylic acids is 1. The molecule has 0 bridgehead atoms. The number of carboxylic acids is 1. The van der Waals surface area contributed by atoms with Crippen molar-refractivity contribution >= 4 is 23.4 Å². The molecule has 1 unspecified atom stereocenters. The molecule has 0 saturated heterocycles. The van der Waals surface area contributed by atoms with Crippen LogP contribution in [0, 0.1) is 5.92 Å². The van der Waals surface area contributed by atoms with Crippen molar-refractivity contribution in [3.05, 3.63) is 22.8 Å². The van der Waals surface area contributed by atoms with Crippen molar-refractivity contribution in [1.29, 1.82) is 0 Å². The number of rotatable bonds is 7. The third-order valence-corrected chi connectivity index (χ3v) is 3.97. The number of nitrogens with zero attached hydrogens (tertiary/aromatic N) is 2. The van der Waals surface area contributed by atoms with Gasteiger partial charge in [0.15, 0.2) is 5.69 Å². The van der Waals surface area contributed by atoms with Crippen LogP contribution in [0.4, 0.5) is 5.82 Å². The van der Waals surface area contributed by atoms with E-state index in [0.717, 1.165) is 0 Å². The van der Waals surface area contributed by atoms with Crippen LogP contribution < -0.4 is 4.90 Å². The van der Waals surface area contributed by atoms with E-state index >= 15 is 0 Å². The number of carbonyl (C=O) groups is 1. The Morgan fingerprint density at radius 2 is 2.30 bits per heavy atom. The van der Waals surface area contributed by atoms with Gasteiger partial charge in [-0.25, -0.2) is 9.78 Å². The highest BCUT2D eigenvalue weighted by Crippen LogP contribution is 2.36. The van der Waals surface area contributed by atoms with Crippen LogP contribution >= 0.6 is 11.6 Å². The summed E-state index contributed by atoms with van der Waals surface area (Å²) in [6, 6.07) is 3.68. The maximum atomic E-state index is 11.1. The van der Waals surface area contributed by atoms with Crippen LogP contribution in [0.1, 0.15) is 30.3 Å². The van der Waals surface area contributed by atoms with Gasteiger partial charge in [0, 0.05) is 19.7 Å². The maximum absolute atomic E-state index is 11.1. The summed E-state index contributed by atoms with van der Waals surface area (Å²) in [4.78, 5) is 17.4. The second kappa shape index (κ2) is 6.41. The highest BCUT2D eigenvalue weighted by atomic mass is 35.5. The topological polar surface area (TPSA) is 62.7 Å². The van der Waals surface area contributed by atoms with Crippen LogP contribution in [0.5, 0.6) is 0 Å². The van der Waals surface area contributed by atoms with Crippen molar-refractivity contribution in [2.24, 2.45) is 5.92 Å². The van der Waals surface area contributed by atoms with E-state index in [1.165, 1.54) is 12.8 Å². The van der Waals surface area contributed by atoms with E-state index in [0.29, 0.717) is 30.9 Å². The molecule has 1 aromatic rings. The SMILES string of the molecule is COCCN(c1ccc(Cl)c(C(=O)O)n1)C(C)C1CC1. The van der Waals surface area contributed by atoms with E-state index in [9.17, 15) is 4.79 Å². The van der Waals surface area contributed by atoms with Gasteiger partial charge in [-0.3, -0.25) is 0 Å². The molecule has 1 atom stereocenters. The van der Waals surface area contributed by atoms with Gasteiger partial charge in [0.05, 0.1) is 11.6 Å². The van der Waals surface area contributed by atoms with Gasteiger partial charge in [-0.1, -0.05) is 11.6 Å². The van der Waals surface area contributed by atoms with Crippen molar-refractivity contribution in [3.63, 3.8) is 0 Å². The van der Waals surface area contributed by atoms with E-state index in [4.69, 9.17) is 21.4 Å². The predicted molar refractivity (Wildman–Crippen MR) is 77.6 cm³/mol. The number of carboxylic acid groups (broad SMARTS) is 1. The number of pyridine rings is 1. The Hall–Kier alpha value is -1.33. The summed E-state index contributed by atoms with van der Waals surface area (Å²) in [5.74, 6) is 0.184. The molecule has 2 rings (SSSR count). The van der Waals surface area contributed by atoms with Gasteiger partial charge in [0.1, 0.15) is 5.82 Å². The monoisotopic (exact) mass is 298 g/mol. The van der Waals surface area contributed by atoms with Crippen LogP contribution in [0.25, 0.3) is 0 Å². The molecule has 0 spiro atoms. The van der Waals surface area contributed by atoms with E-state index < -0.39 is 5.97 Å². The molecular formula is C14H19ClN2O3. The zero-order valence-electron chi connectivity index (χ0n) is 11.7. The number of ether oxygens (including phenoxy) is 1. The van der Waals surface area contributed by atoms with E-state index in [-0.39, 0.29) is 10.7 Å². The molecule has 5 nitrogen and oxygen atoms in total. The van der Waals surface area contributed by atoms with Crippen LogP contribution in [-0.2, 0) is 4.74 Å². The number of halogens is 1. The number of hydrogen-bond donors (Lipinski definition) is 1. The fraction of sp³-hybridized carbons (Fsp3) is 0.571. The second-order valence-electron chi connectivity index (χ2n) is 5.07. The number of aromatic nitrogens is 1. The lowest BCUT2D eigenvalue weighted by atomic mass is 10.1. The minimum absolute atomic E-state index is 0.102. The Bertz CT molecular complexity index is 491. The third kappa shape index (κ3) is 3.41. The molecule has 110 valence electrons. The van der Waals surface area contributed by atoms with Gasteiger partial charge in [-0.05, 0) is 37.8 Å². The first-order valence-corrected chi connectivity index (χ1v) is 7.07. The van der Waals surface area contributed by atoms with Crippen LogP contribution in [0.3, 0.4) is 0 Å². The fourth-order valence-corrected chi connectivity index (χ4v) is 2.48. The lowest BCUT2D eigenvalue weighted by Crippen LogP contribution is -2.38. The Morgan fingerprint density at radius 1 is 1.60 bits per heavy atom. The van der Waals surface area contributed by atoms with Crippen LogP contribution in [0.2, 0.25) is 5.02 Å². The van der Waals surface area contributed by atoms with Gasteiger partial charge in [-0.15, -0.1) is 0 Å². The number of methoxy groups -OCH3 is 1. The number of hydrogen-bond acceptors (Lipinski definition) is 4. The molecule has 6 heteroatoms. The van der Waals surface area contributed by atoms with Crippen molar-refractivity contribution in [1.82, 2.24) is 4.98 Å². The molecule has 1 fully saturated rings. The molecule has 1 heterocycles. The maximum Gasteiger partial charge on any atom is 0.356 e. The molecule has 20 heavy (non-hydrogen) atoms. The minimum Gasteiger partial charge on any atom is -0.476 e. The zero-order valence-corrected chi connectivity index (χ0v) is 12.4. The summed E-state index contributed by atoms with van der Waals surface area (Å²) in [7, 11) is 1.65. The highest BCUT2D eigenvalue weighted by molar-refractivity contribution is 6.33. The van der Waals surface area contributed by atoms with E-state index in [1.807, 2.05) is 0 Å². The average Bonchev–Trinajstić information content (AvgIpc) is 3.24. The first-order chi connectivity index (χ1) is 9.54. The highest BCUT2D eigenvalue weighted by Gasteiger charge is 2.32. The lowest BCUT2D eigenvalue weighted by molar-refractivity contribution is 0.0691. The second-order valence-corrected chi connectivity index (χ2v) is 5.48. The minimum atomic E-state index is -1.11. The van der Waals surface area contributed by atoms with E-state index in [1.54, 1.807) is 19.2 Å². The first kappa shape index (κ1) is 15.1. The Labute approximate surface area is 123 Å². The number of anilines is 1. The molecule has 1 aliphatic carbocycles. The molecule has 1 aromatic heterocycles. The molecule has 1 N–H and O–H groups in total. The van der Waals surface area contributed by atoms with Gasteiger partial charge >= 0.3 is 5.97 Å². The molecule has 0 radical (unpaired) electrons. The zero-order chi connectivity index (χ0) is 14.7. The van der Waals surface area contributed by atoms with Crippen molar-refractivity contribution in [2.75, 3.05) is 25.2 Å². The lowest BCUT2D eigenvalue weighted by Gasteiger charge is -2.30. The molecule has 1 aliphatic rings. The third-order valence-electron chi connectivity index (χ3n) is 3.66. The van der Waals surface area contributed by atoms with E-state index in [2.05, 4.69) is 16.8 Å². The summed E-state index contributed by atoms with van der Waals surface area (Å²) in [6.45, 7) is 3.40. The Morgan fingerprint density at radius 3 is 2.85 bits per heavy atom. The molecule has 0 aromatic carbocycles. The van der Waals surface area contributed by atoms with Crippen molar-refractivity contribution < 1.29 is 14.6 Å². The van der Waals surface area contributed by atoms with Crippen molar-refractivity contribution in [2.45, 2.75) is 25.8 Å². The van der Waals surface area contributed by atoms with Crippen LogP contribution in [0.15, 0.2) is 12.1 Å². The van der Waals surface area contributed by atoms with Gasteiger partial charge < -0.3 is 14.7 Å². The van der Waals surface area contributed by atoms with Gasteiger partial charge in [0.2, 0.25) is 0 Å². The smallest absolute Gasteiger partial charge is 0.356 e. The normalized spacial score (nSPS) is 15.9. The van der Waals surface area contributed by atoms with Gasteiger partial charge in [-0.2, -0.15) is 0 Å². The fourth-order valence-electron chi connectivity index (χ4n) is 2.29. The first-order valence-electron chi connectivity index (χ1n) is 6.70. The largest absolute Gasteiger partial charge is 0.476 e. The summed E-state index contributed by atoms with van der Waals surface area (Å²) in [5, 5.41) is 9.28. The summed E-state index contributed by atoms with van der Waals surface area (Å²) in [5.41, 5.74) is -0.102. The predicted octanol–water partition coefficient (Wildman–Crippen LogP) is 2.68. The molecule has 0 aliphatic heterocycles. The quantitative estimate of drug-likeness (QED) is 0.838. The van der Waals surface area contributed by atoms with Crippen LogP contribution in [-0.4, -0.2) is 42.4 Å². The molecule has 1 saturated carbocycles. The standard InChI is InChI=1S/C14H19ClN2O3/c1-9(10-3-4-10)17(7-8-20-2)12-6-5-11(15)13(16-12)14(18)19/h5-6,9-10H,3-4,7-8H2,1-2H3,(H,18,19). The Balaban J connectivity index is 2.27.